The number of aryl methyl sites for hydroxylation is 1. The van der Waals surface area contributed by atoms with Crippen LogP contribution in [0.5, 0.6) is 0 Å². The Bertz CT molecular complexity index is 531. The topological polar surface area (TPSA) is 68.8 Å². The Kier molecular flexibility index (Phi) is 4.89. The van der Waals surface area contributed by atoms with Gasteiger partial charge in [-0.3, -0.25) is 0 Å². The first-order valence-corrected chi connectivity index (χ1v) is 7.15. The van der Waals surface area contributed by atoms with Gasteiger partial charge in [-0.15, -0.1) is 0 Å². The predicted molar refractivity (Wildman–Crippen MR) is 77.1 cm³/mol. The van der Waals surface area contributed by atoms with Crippen LogP contribution in [0.1, 0.15) is 33.1 Å². The lowest BCUT2D eigenvalue weighted by atomic mass is 10.0. The average molecular weight is 277 g/mol. The minimum absolute atomic E-state index is 0.352. The Hall–Kier alpha value is -1.69. The third-order valence-corrected chi connectivity index (χ3v) is 3.35. The zero-order valence-corrected chi connectivity index (χ0v) is 12.6. The molecule has 0 fully saturated rings. The van der Waals surface area contributed by atoms with Crippen molar-refractivity contribution in [3.8, 4) is 11.6 Å². The third-order valence-electron chi connectivity index (χ3n) is 3.35. The predicted octanol–water partition coefficient (Wildman–Crippen LogP) is 2.04. The van der Waals surface area contributed by atoms with Gasteiger partial charge in [0.2, 0.25) is 11.7 Å². The number of rotatable bonds is 7. The summed E-state index contributed by atoms with van der Waals surface area (Å²) < 4.78 is 7.23. The van der Waals surface area contributed by atoms with Gasteiger partial charge in [-0.25, -0.2) is 4.98 Å². The van der Waals surface area contributed by atoms with Crippen LogP contribution in [0.15, 0.2) is 16.9 Å². The quantitative estimate of drug-likeness (QED) is 0.838. The molecule has 0 saturated carbocycles. The SMILES string of the molecule is CCCNC(Cc1nc(-c2nccn2C)no1)C(C)C. The smallest absolute Gasteiger partial charge is 0.238 e. The van der Waals surface area contributed by atoms with Crippen molar-refractivity contribution in [2.45, 2.75) is 39.7 Å². The Labute approximate surface area is 119 Å². The number of hydrogen-bond donors (Lipinski definition) is 1. The second-order valence-corrected chi connectivity index (χ2v) is 5.38. The molecule has 0 radical (unpaired) electrons. The van der Waals surface area contributed by atoms with Crippen molar-refractivity contribution in [1.82, 2.24) is 25.0 Å². The molecule has 0 spiro atoms. The number of imidazole rings is 1. The van der Waals surface area contributed by atoms with Crippen LogP contribution in [0, 0.1) is 5.92 Å². The van der Waals surface area contributed by atoms with Crippen molar-refractivity contribution < 1.29 is 4.52 Å². The monoisotopic (exact) mass is 277 g/mol. The van der Waals surface area contributed by atoms with Crippen LogP contribution < -0.4 is 5.32 Å². The summed E-state index contributed by atoms with van der Waals surface area (Å²) in [6.07, 6.45) is 5.46. The van der Waals surface area contributed by atoms with Gasteiger partial charge in [-0.2, -0.15) is 4.98 Å². The molecule has 2 rings (SSSR count). The van der Waals surface area contributed by atoms with Gasteiger partial charge in [0.1, 0.15) is 0 Å². The van der Waals surface area contributed by atoms with Crippen molar-refractivity contribution >= 4 is 0 Å². The summed E-state index contributed by atoms with van der Waals surface area (Å²) in [5.74, 6) is 2.45. The van der Waals surface area contributed by atoms with Gasteiger partial charge in [0.05, 0.1) is 0 Å². The van der Waals surface area contributed by atoms with Crippen molar-refractivity contribution in [2.24, 2.45) is 13.0 Å². The molecule has 0 saturated heterocycles. The number of aromatic nitrogens is 4. The molecule has 1 N–H and O–H groups in total. The molecule has 0 aliphatic rings. The molecular formula is C14H23N5O. The molecular weight excluding hydrogens is 254 g/mol. The molecule has 0 amide bonds. The van der Waals surface area contributed by atoms with Crippen molar-refractivity contribution in [2.75, 3.05) is 6.54 Å². The molecule has 0 aliphatic carbocycles. The van der Waals surface area contributed by atoms with E-state index in [9.17, 15) is 0 Å². The maximum Gasteiger partial charge on any atom is 0.238 e. The van der Waals surface area contributed by atoms with Crippen LogP contribution in [0.2, 0.25) is 0 Å². The minimum atomic E-state index is 0.352. The van der Waals surface area contributed by atoms with E-state index in [1.54, 1.807) is 6.20 Å². The summed E-state index contributed by atoms with van der Waals surface area (Å²) >= 11 is 0. The first kappa shape index (κ1) is 14.7. The van der Waals surface area contributed by atoms with Gasteiger partial charge in [0.25, 0.3) is 0 Å². The molecule has 6 nitrogen and oxygen atoms in total. The van der Waals surface area contributed by atoms with E-state index in [2.05, 4.69) is 41.2 Å². The summed E-state index contributed by atoms with van der Waals surface area (Å²) in [5, 5.41) is 7.54. The molecule has 2 aromatic rings. The van der Waals surface area contributed by atoms with Gasteiger partial charge >= 0.3 is 0 Å². The van der Waals surface area contributed by atoms with E-state index in [0.29, 0.717) is 23.7 Å². The highest BCUT2D eigenvalue weighted by molar-refractivity contribution is 5.42. The van der Waals surface area contributed by atoms with Crippen LogP contribution in [0.25, 0.3) is 11.6 Å². The third kappa shape index (κ3) is 3.45. The molecule has 6 heteroatoms. The van der Waals surface area contributed by atoms with Crippen molar-refractivity contribution in [1.29, 1.82) is 0 Å². The van der Waals surface area contributed by atoms with Gasteiger partial charge in [-0.05, 0) is 18.9 Å². The Balaban J connectivity index is 2.06. The van der Waals surface area contributed by atoms with Crippen LogP contribution in [-0.4, -0.2) is 32.3 Å². The molecule has 0 aromatic carbocycles. The van der Waals surface area contributed by atoms with Crippen LogP contribution >= 0.6 is 0 Å². The number of hydrogen-bond acceptors (Lipinski definition) is 5. The molecule has 2 aromatic heterocycles. The zero-order chi connectivity index (χ0) is 14.5. The Morgan fingerprint density at radius 1 is 1.40 bits per heavy atom. The van der Waals surface area contributed by atoms with Crippen LogP contribution in [0.3, 0.4) is 0 Å². The zero-order valence-electron chi connectivity index (χ0n) is 12.6. The fourth-order valence-electron chi connectivity index (χ4n) is 2.07. The van der Waals surface area contributed by atoms with Crippen LogP contribution in [-0.2, 0) is 13.5 Å². The molecule has 110 valence electrons. The lowest BCUT2D eigenvalue weighted by Gasteiger charge is -2.20. The molecule has 2 heterocycles. The lowest BCUT2D eigenvalue weighted by Crippen LogP contribution is -2.36. The van der Waals surface area contributed by atoms with Gasteiger partial charge < -0.3 is 14.4 Å². The van der Waals surface area contributed by atoms with Gasteiger partial charge in [-0.1, -0.05) is 25.9 Å². The summed E-state index contributed by atoms with van der Waals surface area (Å²) in [6, 6.07) is 0.352. The fourth-order valence-corrected chi connectivity index (χ4v) is 2.07. The van der Waals surface area contributed by atoms with Gasteiger partial charge in [0, 0.05) is 31.9 Å². The molecule has 0 bridgehead atoms. The van der Waals surface area contributed by atoms with E-state index in [1.807, 2.05) is 17.8 Å². The summed E-state index contributed by atoms with van der Waals surface area (Å²) in [7, 11) is 1.91. The summed E-state index contributed by atoms with van der Waals surface area (Å²) in [6.45, 7) is 7.56. The highest BCUT2D eigenvalue weighted by Gasteiger charge is 2.18. The maximum atomic E-state index is 5.35. The van der Waals surface area contributed by atoms with E-state index in [4.69, 9.17) is 4.52 Å². The largest absolute Gasteiger partial charge is 0.339 e. The molecule has 0 aliphatic heterocycles. The van der Waals surface area contributed by atoms with E-state index in [-0.39, 0.29) is 0 Å². The Morgan fingerprint density at radius 2 is 2.20 bits per heavy atom. The normalized spacial score (nSPS) is 13.1. The van der Waals surface area contributed by atoms with Crippen molar-refractivity contribution in [3.63, 3.8) is 0 Å². The number of nitrogens with one attached hydrogen (secondary N) is 1. The van der Waals surface area contributed by atoms with E-state index >= 15 is 0 Å². The standard InChI is InChI=1S/C14H23N5O/c1-5-6-15-11(10(2)3)9-12-17-13(18-20-12)14-16-7-8-19(14)4/h7-8,10-11,15H,5-6,9H2,1-4H3. The van der Waals surface area contributed by atoms with E-state index in [0.717, 1.165) is 25.2 Å². The minimum Gasteiger partial charge on any atom is -0.339 e. The van der Waals surface area contributed by atoms with E-state index < -0.39 is 0 Å². The Morgan fingerprint density at radius 3 is 2.80 bits per heavy atom. The van der Waals surface area contributed by atoms with E-state index in [1.165, 1.54) is 0 Å². The first-order chi connectivity index (χ1) is 9.61. The molecule has 1 atom stereocenters. The molecule has 1 unspecified atom stereocenters. The summed E-state index contributed by atoms with van der Waals surface area (Å²) in [4.78, 5) is 8.67. The highest BCUT2D eigenvalue weighted by atomic mass is 16.5. The molecule has 20 heavy (non-hydrogen) atoms. The second-order valence-electron chi connectivity index (χ2n) is 5.38. The fraction of sp³-hybridized carbons (Fsp3) is 0.643. The average Bonchev–Trinajstić information content (AvgIpc) is 3.02. The van der Waals surface area contributed by atoms with Crippen LogP contribution in [0.4, 0.5) is 0 Å². The van der Waals surface area contributed by atoms with Crippen molar-refractivity contribution in [3.05, 3.63) is 18.3 Å². The van der Waals surface area contributed by atoms with Gasteiger partial charge in [0.15, 0.2) is 5.82 Å². The second kappa shape index (κ2) is 6.65. The number of nitrogens with zero attached hydrogens (tertiary/aromatic N) is 4. The summed E-state index contributed by atoms with van der Waals surface area (Å²) in [5.41, 5.74) is 0. The first-order valence-electron chi connectivity index (χ1n) is 7.15. The lowest BCUT2D eigenvalue weighted by molar-refractivity contribution is 0.326. The highest BCUT2D eigenvalue weighted by Crippen LogP contribution is 2.15. The maximum absolute atomic E-state index is 5.35.